The van der Waals surface area contributed by atoms with Crippen LogP contribution in [0.2, 0.25) is 0 Å². The van der Waals surface area contributed by atoms with Gasteiger partial charge in [0.2, 0.25) is 0 Å². The standard InChI is InChI=1S/C6H12O6/c7-1-2-3(8)4(9)5(10)6(11)12-2/h2-11H,1H2/t2?,3-,4?,5+,6+/m0/s1. The van der Waals surface area contributed by atoms with Crippen LogP contribution in [0.1, 0.15) is 0 Å². The van der Waals surface area contributed by atoms with E-state index in [2.05, 4.69) is 4.74 Å². The van der Waals surface area contributed by atoms with Crippen molar-refractivity contribution in [3.63, 3.8) is 0 Å². The van der Waals surface area contributed by atoms with Gasteiger partial charge in [-0.25, -0.2) is 0 Å². The van der Waals surface area contributed by atoms with E-state index in [9.17, 15) is 0 Å². The maximum absolute atomic E-state index is 9.12. The highest BCUT2D eigenvalue weighted by Gasteiger charge is 2.42. The first kappa shape index (κ1) is 9.85. The zero-order valence-corrected chi connectivity index (χ0v) is 6.24. The summed E-state index contributed by atoms with van der Waals surface area (Å²) in [6.45, 7) is -0.526. The van der Waals surface area contributed by atoms with Gasteiger partial charge in [0.15, 0.2) is 6.29 Å². The predicted octanol–water partition coefficient (Wildman–Crippen LogP) is -3.22. The molecule has 6 nitrogen and oxygen atoms in total. The highest BCUT2D eigenvalue weighted by atomic mass is 16.6. The summed E-state index contributed by atoms with van der Waals surface area (Å²) in [4.78, 5) is 0. The Hall–Kier alpha value is -0.240. The summed E-state index contributed by atoms with van der Waals surface area (Å²) in [7, 11) is 0. The molecular weight excluding hydrogens is 168 g/mol. The molecule has 0 aromatic rings. The van der Waals surface area contributed by atoms with Crippen LogP contribution in [-0.4, -0.2) is 62.8 Å². The van der Waals surface area contributed by atoms with Gasteiger partial charge in [0.1, 0.15) is 24.4 Å². The van der Waals surface area contributed by atoms with Crippen molar-refractivity contribution < 1.29 is 30.3 Å². The molecule has 1 aliphatic rings. The molecular formula is C6H12O6. The van der Waals surface area contributed by atoms with Crippen LogP contribution < -0.4 is 0 Å². The molecule has 1 aliphatic heterocycles. The molecule has 1 heterocycles. The van der Waals surface area contributed by atoms with E-state index in [1.165, 1.54) is 0 Å². The molecule has 0 aromatic carbocycles. The van der Waals surface area contributed by atoms with Crippen LogP contribution in [0.25, 0.3) is 0 Å². The summed E-state index contributed by atoms with van der Waals surface area (Å²) in [6.07, 6.45) is -7.04. The molecule has 72 valence electrons. The lowest BCUT2D eigenvalue weighted by atomic mass is 10.00. The second-order valence-corrected chi connectivity index (χ2v) is 2.72. The summed E-state index contributed by atoms with van der Waals surface area (Å²) in [5.41, 5.74) is 0. The maximum atomic E-state index is 9.12. The molecule has 1 saturated heterocycles. The number of rotatable bonds is 1. The van der Waals surface area contributed by atoms with Crippen molar-refractivity contribution in [2.75, 3.05) is 6.61 Å². The fourth-order valence-electron chi connectivity index (χ4n) is 1.08. The van der Waals surface area contributed by atoms with E-state index in [1.54, 1.807) is 0 Å². The topological polar surface area (TPSA) is 110 Å². The van der Waals surface area contributed by atoms with Crippen LogP contribution in [0, 0.1) is 0 Å². The van der Waals surface area contributed by atoms with Crippen molar-refractivity contribution in [2.45, 2.75) is 30.7 Å². The highest BCUT2D eigenvalue weighted by Crippen LogP contribution is 2.18. The molecule has 0 radical (unpaired) electrons. The van der Waals surface area contributed by atoms with Crippen LogP contribution >= 0.6 is 0 Å². The lowest BCUT2D eigenvalue weighted by Crippen LogP contribution is -2.58. The van der Waals surface area contributed by atoms with E-state index in [4.69, 9.17) is 25.5 Å². The Bertz CT molecular complexity index is 146. The van der Waals surface area contributed by atoms with Crippen molar-refractivity contribution in [1.82, 2.24) is 0 Å². The van der Waals surface area contributed by atoms with E-state index in [0.717, 1.165) is 0 Å². The number of ether oxygens (including phenoxy) is 1. The Morgan fingerprint density at radius 1 is 0.917 bits per heavy atom. The highest BCUT2D eigenvalue weighted by molar-refractivity contribution is 4.87. The predicted molar refractivity (Wildman–Crippen MR) is 36.0 cm³/mol. The van der Waals surface area contributed by atoms with Gasteiger partial charge in [0.25, 0.3) is 0 Å². The third-order valence-electron chi connectivity index (χ3n) is 1.87. The number of hydrogen-bond acceptors (Lipinski definition) is 6. The van der Waals surface area contributed by atoms with Crippen LogP contribution in [0.15, 0.2) is 0 Å². The molecule has 6 heteroatoms. The molecule has 5 atom stereocenters. The lowest BCUT2D eigenvalue weighted by molar-refractivity contribution is -0.286. The molecule has 0 aliphatic carbocycles. The molecule has 0 aromatic heterocycles. The Balaban J connectivity index is 2.63. The van der Waals surface area contributed by atoms with Crippen LogP contribution in [0.5, 0.6) is 0 Å². The molecule has 0 amide bonds. The van der Waals surface area contributed by atoms with Gasteiger partial charge in [-0.05, 0) is 0 Å². The van der Waals surface area contributed by atoms with Crippen LogP contribution in [0.4, 0.5) is 0 Å². The van der Waals surface area contributed by atoms with Gasteiger partial charge in [-0.15, -0.1) is 0 Å². The largest absolute Gasteiger partial charge is 0.394 e. The van der Waals surface area contributed by atoms with Gasteiger partial charge in [-0.1, -0.05) is 0 Å². The Kier molecular flexibility index (Phi) is 2.99. The van der Waals surface area contributed by atoms with Gasteiger partial charge in [-0.2, -0.15) is 0 Å². The second kappa shape index (κ2) is 3.65. The first-order valence-corrected chi connectivity index (χ1v) is 3.56. The first-order valence-electron chi connectivity index (χ1n) is 3.56. The normalized spacial score (nSPS) is 49.2. The van der Waals surface area contributed by atoms with Crippen molar-refractivity contribution in [3.05, 3.63) is 0 Å². The van der Waals surface area contributed by atoms with Gasteiger partial charge in [-0.3, -0.25) is 0 Å². The number of aliphatic hydroxyl groups is 5. The smallest absolute Gasteiger partial charge is 0.184 e. The molecule has 5 N–H and O–H groups in total. The molecule has 12 heavy (non-hydrogen) atoms. The Morgan fingerprint density at radius 2 is 1.50 bits per heavy atom. The molecule has 0 spiro atoms. The van der Waals surface area contributed by atoms with Gasteiger partial charge >= 0.3 is 0 Å². The van der Waals surface area contributed by atoms with E-state index < -0.39 is 37.3 Å². The van der Waals surface area contributed by atoms with E-state index in [1.807, 2.05) is 0 Å². The minimum atomic E-state index is -1.57. The molecule has 1 fully saturated rings. The summed E-state index contributed by atoms with van der Waals surface area (Å²) < 4.78 is 4.58. The molecule has 1 rings (SSSR count). The van der Waals surface area contributed by atoms with E-state index in [0.29, 0.717) is 0 Å². The molecule has 0 bridgehead atoms. The van der Waals surface area contributed by atoms with Gasteiger partial charge < -0.3 is 30.3 Å². The summed E-state index contributed by atoms with van der Waals surface area (Å²) >= 11 is 0. The quantitative estimate of drug-likeness (QED) is 0.290. The third-order valence-corrected chi connectivity index (χ3v) is 1.87. The monoisotopic (exact) mass is 180 g/mol. The zero-order chi connectivity index (χ0) is 9.30. The van der Waals surface area contributed by atoms with Crippen molar-refractivity contribution in [3.8, 4) is 0 Å². The number of hydrogen-bond donors (Lipinski definition) is 5. The van der Waals surface area contributed by atoms with E-state index >= 15 is 0 Å². The van der Waals surface area contributed by atoms with Gasteiger partial charge in [0, 0.05) is 0 Å². The third kappa shape index (κ3) is 1.58. The zero-order valence-electron chi connectivity index (χ0n) is 6.24. The van der Waals surface area contributed by atoms with Gasteiger partial charge in [0.05, 0.1) is 6.61 Å². The van der Waals surface area contributed by atoms with E-state index in [-0.39, 0.29) is 0 Å². The Morgan fingerprint density at radius 3 is 2.00 bits per heavy atom. The van der Waals surface area contributed by atoms with Crippen molar-refractivity contribution >= 4 is 0 Å². The average Bonchev–Trinajstić information content (AvgIpc) is 2.08. The second-order valence-electron chi connectivity index (χ2n) is 2.72. The first-order chi connectivity index (χ1) is 5.57. The van der Waals surface area contributed by atoms with Crippen molar-refractivity contribution in [1.29, 1.82) is 0 Å². The minimum absolute atomic E-state index is 0.526. The maximum Gasteiger partial charge on any atom is 0.184 e. The lowest BCUT2D eigenvalue weighted by Gasteiger charge is -2.37. The minimum Gasteiger partial charge on any atom is -0.394 e. The van der Waals surface area contributed by atoms with Crippen LogP contribution in [-0.2, 0) is 4.74 Å². The molecule has 2 unspecified atom stereocenters. The van der Waals surface area contributed by atoms with Crippen molar-refractivity contribution in [2.24, 2.45) is 0 Å². The van der Waals surface area contributed by atoms with Crippen LogP contribution in [0.3, 0.4) is 0 Å². The average molecular weight is 180 g/mol. The summed E-state index contributed by atoms with van der Waals surface area (Å²) in [5, 5.41) is 44.7. The summed E-state index contributed by atoms with van der Waals surface area (Å²) in [6, 6.07) is 0. The summed E-state index contributed by atoms with van der Waals surface area (Å²) in [5.74, 6) is 0. The fourth-order valence-corrected chi connectivity index (χ4v) is 1.08. The Labute approximate surface area is 68.6 Å². The number of aliphatic hydroxyl groups excluding tert-OH is 5. The molecule has 0 saturated carbocycles. The fraction of sp³-hybridized carbons (Fsp3) is 1.00. The SMILES string of the molecule is OCC1O[C@@H](O)[C@H](O)C(O)[C@H]1O.